The van der Waals surface area contributed by atoms with Gasteiger partial charge in [0, 0.05) is 13.1 Å². The fraction of sp³-hybridized carbons (Fsp3) is 1.00. The van der Waals surface area contributed by atoms with Gasteiger partial charge in [0.05, 0.1) is 0 Å². The molecule has 1 heterocycles. The lowest BCUT2D eigenvalue weighted by Gasteiger charge is -2.09. The van der Waals surface area contributed by atoms with Crippen LogP contribution in [0.15, 0.2) is 0 Å². The van der Waals surface area contributed by atoms with Gasteiger partial charge < -0.3 is 0 Å². The molecular formula is C6H12N2. The van der Waals surface area contributed by atoms with E-state index < -0.39 is 0 Å². The van der Waals surface area contributed by atoms with E-state index in [1.165, 1.54) is 0 Å². The van der Waals surface area contributed by atoms with Gasteiger partial charge >= 0.3 is 0 Å². The standard InChI is InChI=1S/C6H12N2/c1-4-5-2-8(7)3-6(4)5/h4-6H,2-3,7H2,1H3. The Kier molecular flexibility index (Phi) is 0.746. The van der Waals surface area contributed by atoms with E-state index in [1.807, 2.05) is 5.01 Å². The summed E-state index contributed by atoms with van der Waals surface area (Å²) in [5.41, 5.74) is 0. The Morgan fingerprint density at radius 1 is 1.38 bits per heavy atom. The van der Waals surface area contributed by atoms with Crippen molar-refractivity contribution >= 4 is 0 Å². The van der Waals surface area contributed by atoms with Crippen LogP contribution in [-0.4, -0.2) is 18.1 Å². The minimum Gasteiger partial charge on any atom is -0.269 e. The number of nitrogens with two attached hydrogens (primary N) is 1. The fourth-order valence-corrected chi connectivity index (χ4v) is 1.86. The number of hydrazine groups is 1. The molecule has 0 aromatic heterocycles. The van der Waals surface area contributed by atoms with Crippen LogP contribution in [0.25, 0.3) is 0 Å². The molecule has 0 aromatic rings. The lowest BCUT2D eigenvalue weighted by Crippen LogP contribution is -2.30. The molecule has 2 aliphatic rings. The number of nitrogens with zero attached hydrogens (tertiary/aromatic N) is 1. The van der Waals surface area contributed by atoms with Crippen LogP contribution in [0.2, 0.25) is 0 Å². The van der Waals surface area contributed by atoms with Gasteiger partial charge in [-0.2, -0.15) is 0 Å². The Labute approximate surface area is 49.6 Å². The highest BCUT2D eigenvalue weighted by Crippen LogP contribution is 2.50. The first-order valence-electron chi connectivity index (χ1n) is 3.28. The normalized spacial score (nSPS) is 54.0. The molecule has 2 heteroatoms. The van der Waals surface area contributed by atoms with E-state index in [4.69, 9.17) is 5.84 Å². The zero-order chi connectivity index (χ0) is 5.72. The molecule has 0 spiro atoms. The first kappa shape index (κ1) is 4.77. The minimum atomic E-state index is 0.958. The van der Waals surface area contributed by atoms with Crippen LogP contribution in [0, 0.1) is 17.8 Å². The molecule has 1 aliphatic heterocycles. The molecule has 2 atom stereocenters. The molecular weight excluding hydrogens is 100 g/mol. The first-order chi connectivity index (χ1) is 3.79. The monoisotopic (exact) mass is 112 g/mol. The van der Waals surface area contributed by atoms with Crippen molar-refractivity contribution < 1.29 is 0 Å². The molecule has 0 bridgehead atoms. The highest BCUT2D eigenvalue weighted by Gasteiger charge is 2.51. The lowest BCUT2D eigenvalue weighted by molar-refractivity contribution is 0.300. The average Bonchev–Trinajstić information content (AvgIpc) is 2.29. The second-order valence-electron chi connectivity index (χ2n) is 3.14. The molecule has 2 rings (SSSR count). The van der Waals surface area contributed by atoms with Crippen LogP contribution < -0.4 is 5.84 Å². The zero-order valence-corrected chi connectivity index (χ0v) is 5.17. The molecule has 2 nitrogen and oxygen atoms in total. The topological polar surface area (TPSA) is 29.3 Å². The Morgan fingerprint density at radius 3 is 2.25 bits per heavy atom. The van der Waals surface area contributed by atoms with E-state index in [-0.39, 0.29) is 0 Å². The van der Waals surface area contributed by atoms with Gasteiger partial charge in [0.25, 0.3) is 0 Å². The van der Waals surface area contributed by atoms with E-state index in [2.05, 4.69) is 6.92 Å². The van der Waals surface area contributed by atoms with E-state index in [1.54, 1.807) is 0 Å². The molecule has 2 fully saturated rings. The second-order valence-corrected chi connectivity index (χ2v) is 3.14. The highest BCUT2D eigenvalue weighted by atomic mass is 15.4. The van der Waals surface area contributed by atoms with Crippen molar-refractivity contribution in [3.8, 4) is 0 Å². The van der Waals surface area contributed by atoms with Crippen LogP contribution >= 0.6 is 0 Å². The van der Waals surface area contributed by atoms with Crippen LogP contribution in [0.4, 0.5) is 0 Å². The van der Waals surface area contributed by atoms with Crippen molar-refractivity contribution in [3.63, 3.8) is 0 Å². The van der Waals surface area contributed by atoms with E-state index in [9.17, 15) is 0 Å². The Bertz CT molecular complexity index is 101. The molecule has 2 N–H and O–H groups in total. The fourth-order valence-electron chi connectivity index (χ4n) is 1.86. The van der Waals surface area contributed by atoms with Gasteiger partial charge in [-0.15, -0.1) is 0 Å². The molecule has 0 aromatic carbocycles. The van der Waals surface area contributed by atoms with Crippen molar-refractivity contribution in [3.05, 3.63) is 0 Å². The molecule has 2 unspecified atom stereocenters. The number of fused-ring (bicyclic) bond motifs is 1. The lowest BCUT2D eigenvalue weighted by atomic mass is 10.3. The zero-order valence-electron chi connectivity index (χ0n) is 5.17. The van der Waals surface area contributed by atoms with Crippen LogP contribution in [0.5, 0.6) is 0 Å². The average molecular weight is 112 g/mol. The molecule has 8 heavy (non-hydrogen) atoms. The smallest absolute Gasteiger partial charge is 0.0162 e. The molecule has 0 amide bonds. The summed E-state index contributed by atoms with van der Waals surface area (Å²) in [6.07, 6.45) is 0. The largest absolute Gasteiger partial charge is 0.269 e. The summed E-state index contributed by atoms with van der Waals surface area (Å²) in [7, 11) is 0. The number of piperidine rings is 1. The summed E-state index contributed by atoms with van der Waals surface area (Å²) < 4.78 is 0. The second kappa shape index (κ2) is 1.25. The van der Waals surface area contributed by atoms with Crippen molar-refractivity contribution in [1.82, 2.24) is 5.01 Å². The molecule has 46 valence electrons. The quantitative estimate of drug-likeness (QED) is 0.449. The Morgan fingerprint density at radius 2 is 1.88 bits per heavy atom. The third-order valence-electron chi connectivity index (χ3n) is 2.65. The molecule has 1 aliphatic carbocycles. The predicted molar refractivity (Wildman–Crippen MR) is 31.9 cm³/mol. The summed E-state index contributed by atoms with van der Waals surface area (Å²) in [6.45, 7) is 4.61. The van der Waals surface area contributed by atoms with Gasteiger partial charge in [0.2, 0.25) is 0 Å². The molecule has 0 radical (unpaired) electrons. The van der Waals surface area contributed by atoms with E-state index in [0.717, 1.165) is 30.8 Å². The van der Waals surface area contributed by atoms with Crippen molar-refractivity contribution in [2.45, 2.75) is 6.92 Å². The maximum atomic E-state index is 5.55. The number of hydrogen-bond donors (Lipinski definition) is 1. The highest BCUT2D eigenvalue weighted by molar-refractivity contribution is 5.01. The minimum absolute atomic E-state index is 0.958. The third-order valence-corrected chi connectivity index (χ3v) is 2.65. The maximum absolute atomic E-state index is 5.55. The van der Waals surface area contributed by atoms with Crippen LogP contribution in [0.1, 0.15) is 6.92 Å². The van der Waals surface area contributed by atoms with Crippen molar-refractivity contribution in [2.75, 3.05) is 13.1 Å². The third kappa shape index (κ3) is 0.446. The van der Waals surface area contributed by atoms with E-state index >= 15 is 0 Å². The Hall–Kier alpha value is -0.0800. The van der Waals surface area contributed by atoms with Gasteiger partial charge in [-0.05, 0) is 17.8 Å². The van der Waals surface area contributed by atoms with Crippen LogP contribution in [-0.2, 0) is 0 Å². The summed E-state index contributed by atoms with van der Waals surface area (Å²) >= 11 is 0. The van der Waals surface area contributed by atoms with Crippen molar-refractivity contribution in [1.29, 1.82) is 0 Å². The number of rotatable bonds is 0. The summed E-state index contributed by atoms with van der Waals surface area (Å²) in [5.74, 6) is 8.45. The SMILES string of the molecule is CC1C2CN(N)CC12. The number of hydrogen-bond acceptors (Lipinski definition) is 2. The van der Waals surface area contributed by atoms with Gasteiger partial charge in [0.15, 0.2) is 0 Å². The van der Waals surface area contributed by atoms with E-state index in [0.29, 0.717) is 0 Å². The first-order valence-corrected chi connectivity index (χ1v) is 3.28. The summed E-state index contributed by atoms with van der Waals surface area (Å²) in [6, 6.07) is 0. The van der Waals surface area contributed by atoms with Crippen molar-refractivity contribution in [2.24, 2.45) is 23.6 Å². The van der Waals surface area contributed by atoms with Gasteiger partial charge in [-0.25, -0.2) is 5.01 Å². The predicted octanol–water partition coefficient (Wildman–Crippen LogP) is 0.0578. The summed E-state index contributed by atoms with van der Waals surface area (Å²) in [4.78, 5) is 0. The Balaban J connectivity index is 2.00. The van der Waals surface area contributed by atoms with Gasteiger partial charge in [0.1, 0.15) is 0 Å². The maximum Gasteiger partial charge on any atom is 0.0162 e. The van der Waals surface area contributed by atoms with Gasteiger partial charge in [-0.1, -0.05) is 6.92 Å². The summed E-state index contributed by atoms with van der Waals surface area (Å²) in [5, 5.41) is 1.94. The molecule has 1 saturated heterocycles. The van der Waals surface area contributed by atoms with Crippen LogP contribution in [0.3, 0.4) is 0 Å². The van der Waals surface area contributed by atoms with Gasteiger partial charge in [-0.3, -0.25) is 5.84 Å². The molecule has 1 saturated carbocycles.